The third-order valence-electron chi connectivity index (χ3n) is 4.41. The number of nitrogens with zero attached hydrogens (tertiary/aromatic N) is 1. The second kappa shape index (κ2) is 13.1. The van der Waals surface area contributed by atoms with Gasteiger partial charge in [0.15, 0.2) is 5.96 Å². The van der Waals surface area contributed by atoms with Gasteiger partial charge in [0, 0.05) is 58.7 Å². The van der Waals surface area contributed by atoms with Gasteiger partial charge in [-0.3, -0.25) is 9.79 Å². The van der Waals surface area contributed by atoms with Crippen molar-refractivity contribution in [3.8, 4) is 0 Å². The van der Waals surface area contributed by atoms with E-state index in [0.29, 0.717) is 24.6 Å². The zero-order chi connectivity index (χ0) is 19.2. The van der Waals surface area contributed by atoms with Crippen LogP contribution in [0.25, 0.3) is 0 Å². The number of carbonyl (C=O) groups excluding carboxylic acids is 1. The summed E-state index contributed by atoms with van der Waals surface area (Å²) in [7, 11) is 1.74. The van der Waals surface area contributed by atoms with Crippen molar-refractivity contribution in [3.63, 3.8) is 0 Å². The molecule has 150 valence electrons. The highest BCUT2D eigenvalue weighted by Gasteiger charge is 2.13. The molecule has 1 heterocycles. The molecule has 7 heteroatoms. The quantitative estimate of drug-likeness (QED) is 0.327. The number of nitrogens with one attached hydrogen (secondary N) is 3. The average molecular weight is 377 g/mol. The van der Waals surface area contributed by atoms with Crippen molar-refractivity contribution in [2.45, 2.75) is 19.3 Å². The third-order valence-corrected chi connectivity index (χ3v) is 4.41. The molecule has 0 radical (unpaired) electrons. The van der Waals surface area contributed by atoms with Crippen LogP contribution in [0.1, 0.15) is 29.6 Å². The molecule has 0 saturated carbocycles. The first-order valence-electron chi connectivity index (χ1n) is 9.73. The number of benzene rings is 1. The highest BCUT2D eigenvalue weighted by atomic mass is 16.5. The number of carbonyl (C=O) groups is 1. The van der Waals surface area contributed by atoms with Crippen LogP contribution in [0.3, 0.4) is 0 Å². The predicted molar refractivity (Wildman–Crippen MR) is 107 cm³/mol. The Morgan fingerprint density at radius 3 is 2.56 bits per heavy atom. The largest absolute Gasteiger partial charge is 0.381 e. The van der Waals surface area contributed by atoms with E-state index in [2.05, 4.69) is 20.9 Å². The first kappa shape index (κ1) is 21.2. The number of rotatable bonds is 10. The maximum Gasteiger partial charge on any atom is 0.251 e. The average Bonchev–Trinajstić information content (AvgIpc) is 2.73. The molecule has 1 aromatic rings. The number of aliphatic imine (C=N–C) groups is 1. The molecule has 0 bridgehead atoms. The van der Waals surface area contributed by atoms with Gasteiger partial charge >= 0.3 is 0 Å². The Balaban J connectivity index is 1.47. The van der Waals surface area contributed by atoms with Crippen LogP contribution in [0.2, 0.25) is 0 Å². The fourth-order valence-electron chi connectivity index (χ4n) is 2.81. The first-order valence-corrected chi connectivity index (χ1v) is 9.73. The minimum atomic E-state index is -0.0676. The predicted octanol–water partition coefficient (Wildman–Crippen LogP) is 1.41. The van der Waals surface area contributed by atoms with Gasteiger partial charge in [-0.15, -0.1) is 0 Å². The van der Waals surface area contributed by atoms with Crippen molar-refractivity contribution in [2.75, 3.05) is 53.1 Å². The number of amides is 1. The van der Waals surface area contributed by atoms with Crippen LogP contribution in [0, 0.1) is 5.92 Å². The molecule has 1 aromatic carbocycles. The van der Waals surface area contributed by atoms with E-state index in [-0.39, 0.29) is 5.91 Å². The molecule has 1 aliphatic rings. The van der Waals surface area contributed by atoms with Gasteiger partial charge in [0.1, 0.15) is 0 Å². The van der Waals surface area contributed by atoms with Gasteiger partial charge < -0.3 is 25.4 Å². The molecule has 27 heavy (non-hydrogen) atoms. The standard InChI is InChI=1S/C20H32N4O3/c1-21-20(23-10-5-13-27-16-17-8-14-26-15-9-17)24-12-11-22-19(25)18-6-3-2-4-7-18/h2-4,6-7,17H,5,8-16H2,1H3,(H,22,25)(H2,21,23,24). The minimum absolute atomic E-state index is 0.0676. The summed E-state index contributed by atoms with van der Waals surface area (Å²) in [4.78, 5) is 16.1. The van der Waals surface area contributed by atoms with Gasteiger partial charge in [-0.2, -0.15) is 0 Å². The van der Waals surface area contributed by atoms with Crippen molar-refractivity contribution in [3.05, 3.63) is 35.9 Å². The summed E-state index contributed by atoms with van der Waals surface area (Å²) >= 11 is 0. The maximum absolute atomic E-state index is 11.9. The number of hydrogen-bond donors (Lipinski definition) is 3. The van der Waals surface area contributed by atoms with Gasteiger partial charge in [0.25, 0.3) is 5.91 Å². The summed E-state index contributed by atoms with van der Waals surface area (Å²) in [5.74, 6) is 1.31. The molecule has 1 fully saturated rings. The summed E-state index contributed by atoms with van der Waals surface area (Å²) in [6, 6.07) is 9.20. The molecule has 1 amide bonds. The molecule has 1 saturated heterocycles. The molecular weight excluding hydrogens is 344 g/mol. The normalized spacial score (nSPS) is 15.4. The Labute approximate surface area is 161 Å². The fourth-order valence-corrected chi connectivity index (χ4v) is 2.81. The van der Waals surface area contributed by atoms with E-state index < -0.39 is 0 Å². The van der Waals surface area contributed by atoms with Crippen LogP contribution in [0.4, 0.5) is 0 Å². The molecule has 0 aromatic heterocycles. The molecule has 1 aliphatic heterocycles. The lowest BCUT2D eigenvalue weighted by atomic mass is 10.0. The van der Waals surface area contributed by atoms with E-state index in [4.69, 9.17) is 9.47 Å². The highest BCUT2D eigenvalue weighted by Crippen LogP contribution is 2.14. The van der Waals surface area contributed by atoms with Crippen molar-refractivity contribution >= 4 is 11.9 Å². The lowest BCUT2D eigenvalue weighted by molar-refractivity contribution is 0.0203. The van der Waals surface area contributed by atoms with Gasteiger partial charge in [0.2, 0.25) is 0 Å². The topological polar surface area (TPSA) is 84.0 Å². The Hall–Kier alpha value is -2.12. The van der Waals surface area contributed by atoms with E-state index in [1.165, 1.54) is 0 Å². The van der Waals surface area contributed by atoms with Gasteiger partial charge in [-0.1, -0.05) is 18.2 Å². The van der Waals surface area contributed by atoms with Crippen LogP contribution in [0.15, 0.2) is 35.3 Å². The van der Waals surface area contributed by atoms with Crippen LogP contribution < -0.4 is 16.0 Å². The Morgan fingerprint density at radius 1 is 1.11 bits per heavy atom. The summed E-state index contributed by atoms with van der Waals surface area (Å²) in [5.41, 5.74) is 0.667. The third kappa shape index (κ3) is 8.88. The van der Waals surface area contributed by atoms with E-state index in [0.717, 1.165) is 58.2 Å². The molecule has 0 aliphatic carbocycles. The van der Waals surface area contributed by atoms with Crippen LogP contribution in [-0.4, -0.2) is 65.0 Å². The smallest absolute Gasteiger partial charge is 0.251 e. The lowest BCUT2D eigenvalue weighted by Gasteiger charge is -2.21. The first-order chi connectivity index (χ1) is 13.3. The Morgan fingerprint density at radius 2 is 1.81 bits per heavy atom. The highest BCUT2D eigenvalue weighted by molar-refractivity contribution is 5.94. The van der Waals surface area contributed by atoms with E-state index in [1.54, 1.807) is 19.2 Å². The van der Waals surface area contributed by atoms with Crippen LogP contribution in [-0.2, 0) is 9.47 Å². The number of ether oxygens (including phenoxy) is 2. The molecule has 2 rings (SSSR count). The lowest BCUT2D eigenvalue weighted by Crippen LogP contribution is -2.42. The monoisotopic (exact) mass is 376 g/mol. The van der Waals surface area contributed by atoms with E-state index in [9.17, 15) is 4.79 Å². The van der Waals surface area contributed by atoms with Crippen molar-refractivity contribution in [1.82, 2.24) is 16.0 Å². The summed E-state index contributed by atoms with van der Waals surface area (Å²) < 4.78 is 11.1. The SMILES string of the molecule is CN=C(NCCCOCC1CCOCC1)NCCNC(=O)c1ccccc1. The van der Waals surface area contributed by atoms with Crippen molar-refractivity contribution < 1.29 is 14.3 Å². The van der Waals surface area contributed by atoms with Gasteiger partial charge in [-0.05, 0) is 37.3 Å². The molecule has 0 unspecified atom stereocenters. The summed E-state index contributed by atoms with van der Waals surface area (Å²) in [6.45, 7) is 5.24. The second-order valence-electron chi connectivity index (χ2n) is 6.53. The van der Waals surface area contributed by atoms with Crippen LogP contribution in [0.5, 0.6) is 0 Å². The van der Waals surface area contributed by atoms with E-state index >= 15 is 0 Å². The Kier molecular flexibility index (Phi) is 10.3. The number of hydrogen-bond acceptors (Lipinski definition) is 4. The zero-order valence-corrected chi connectivity index (χ0v) is 16.2. The van der Waals surface area contributed by atoms with Gasteiger partial charge in [-0.25, -0.2) is 0 Å². The molecule has 0 spiro atoms. The molecular formula is C20H32N4O3. The van der Waals surface area contributed by atoms with Crippen LogP contribution >= 0.6 is 0 Å². The molecule has 3 N–H and O–H groups in total. The fraction of sp³-hybridized carbons (Fsp3) is 0.600. The van der Waals surface area contributed by atoms with Gasteiger partial charge in [0.05, 0.1) is 0 Å². The summed E-state index contributed by atoms with van der Waals surface area (Å²) in [5, 5.41) is 9.32. The minimum Gasteiger partial charge on any atom is -0.381 e. The summed E-state index contributed by atoms with van der Waals surface area (Å²) in [6.07, 6.45) is 3.14. The molecule has 7 nitrogen and oxygen atoms in total. The molecule has 0 atom stereocenters. The van der Waals surface area contributed by atoms with E-state index in [1.807, 2.05) is 18.2 Å². The van der Waals surface area contributed by atoms with Crippen molar-refractivity contribution in [2.24, 2.45) is 10.9 Å². The number of guanidine groups is 1. The maximum atomic E-state index is 11.9. The second-order valence-corrected chi connectivity index (χ2v) is 6.53. The Bertz CT molecular complexity index is 560. The zero-order valence-electron chi connectivity index (χ0n) is 16.2. The van der Waals surface area contributed by atoms with Crippen molar-refractivity contribution in [1.29, 1.82) is 0 Å².